The molecule has 2 nitrogen and oxygen atoms in total. The van der Waals surface area contributed by atoms with Gasteiger partial charge in [0.1, 0.15) is 0 Å². The number of fused-ring (bicyclic) bond motifs is 2. The zero-order chi connectivity index (χ0) is 13.8. The van der Waals surface area contributed by atoms with Gasteiger partial charge >= 0.3 is 0 Å². The van der Waals surface area contributed by atoms with E-state index in [-0.39, 0.29) is 10.8 Å². The predicted molar refractivity (Wildman–Crippen MR) is 79.6 cm³/mol. The molecule has 2 aromatic rings. The summed E-state index contributed by atoms with van der Waals surface area (Å²) in [6, 6.07) is 6.35. The fourth-order valence-corrected chi connectivity index (χ4v) is 2.97. The van der Waals surface area contributed by atoms with Crippen LogP contribution in [-0.2, 0) is 10.8 Å². The first-order chi connectivity index (χ1) is 8.79. The molecule has 0 unspecified atom stereocenters. The van der Waals surface area contributed by atoms with Crippen molar-refractivity contribution in [2.24, 2.45) is 0 Å². The number of benzene rings is 1. The minimum absolute atomic E-state index is 0.135. The molecule has 0 saturated heterocycles. The fraction of sp³-hybridized carbons (Fsp3) is 0.529. The third-order valence-corrected chi connectivity index (χ3v) is 4.48. The van der Waals surface area contributed by atoms with Crippen LogP contribution in [0.15, 0.2) is 18.2 Å². The van der Waals surface area contributed by atoms with E-state index in [1.54, 1.807) is 0 Å². The van der Waals surface area contributed by atoms with E-state index < -0.39 is 0 Å². The molecule has 1 aliphatic rings. The second kappa shape index (κ2) is 3.78. The van der Waals surface area contributed by atoms with Gasteiger partial charge in [0, 0.05) is 10.8 Å². The molecule has 0 bridgehead atoms. The van der Waals surface area contributed by atoms with Gasteiger partial charge in [0.2, 0.25) is 0 Å². The first-order valence-electron chi connectivity index (χ1n) is 7.09. The van der Waals surface area contributed by atoms with Crippen molar-refractivity contribution in [3.8, 4) is 0 Å². The second-order valence-corrected chi connectivity index (χ2v) is 7.18. The van der Waals surface area contributed by atoms with Crippen molar-refractivity contribution >= 4 is 11.0 Å². The molecule has 0 spiro atoms. The Morgan fingerprint density at radius 2 is 1.37 bits per heavy atom. The normalized spacial score (nSPS) is 20.3. The van der Waals surface area contributed by atoms with Crippen molar-refractivity contribution < 1.29 is 0 Å². The molecule has 1 aliphatic carbocycles. The van der Waals surface area contributed by atoms with Gasteiger partial charge in [-0.2, -0.15) is 0 Å². The van der Waals surface area contributed by atoms with E-state index >= 15 is 0 Å². The van der Waals surface area contributed by atoms with Gasteiger partial charge in [0.25, 0.3) is 0 Å². The highest BCUT2D eigenvalue weighted by Crippen LogP contribution is 2.44. The molecular formula is C17H22N2. The molecule has 1 heterocycles. The van der Waals surface area contributed by atoms with Crippen molar-refractivity contribution in [2.45, 2.75) is 58.3 Å². The number of rotatable bonds is 0. The number of nitrogens with zero attached hydrogens (tertiary/aromatic N) is 2. The van der Waals surface area contributed by atoms with E-state index in [9.17, 15) is 0 Å². The SMILES string of the molecule is Cc1ccc2nc3c(nc2c1)C(C)(C)CCC3(C)C. The summed E-state index contributed by atoms with van der Waals surface area (Å²) < 4.78 is 0. The van der Waals surface area contributed by atoms with E-state index in [0.29, 0.717) is 0 Å². The Kier molecular flexibility index (Phi) is 2.51. The van der Waals surface area contributed by atoms with Crippen molar-refractivity contribution in [3.63, 3.8) is 0 Å². The Bertz CT molecular complexity index is 654. The first-order valence-corrected chi connectivity index (χ1v) is 7.09. The quantitative estimate of drug-likeness (QED) is 0.701. The molecule has 0 atom stereocenters. The van der Waals surface area contributed by atoms with Crippen LogP contribution in [-0.4, -0.2) is 9.97 Å². The summed E-state index contributed by atoms with van der Waals surface area (Å²) in [7, 11) is 0. The Balaban J connectivity index is 2.35. The maximum Gasteiger partial charge on any atom is 0.0893 e. The van der Waals surface area contributed by atoms with E-state index in [0.717, 1.165) is 11.0 Å². The average molecular weight is 254 g/mol. The molecule has 0 saturated carbocycles. The maximum atomic E-state index is 4.96. The summed E-state index contributed by atoms with van der Waals surface area (Å²) in [6.45, 7) is 11.3. The molecule has 0 N–H and O–H groups in total. The van der Waals surface area contributed by atoms with Gasteiger partial charge in [-0.15, -0.1) is 0 Å². The summed E-state index contributed by atoms with van der Waals surface area (Å²) in [5.41, 5.74) is 5.96. The van der Waals surface area contributed by atoms with Crippen molar-refractivity contribution in [3.05, 3.63) is 35.2 Å². The van der Waals surface area contributed by atoms with Gasteiger partial charge in [-0.25, -0.2) is 9.97 Å². The summed E-state index contributed by atoms with van der Waals surface area (Å²) in [5.74, 6) is 0. The lowest BCUT2D eigenvalue weighted by molar-refractivity contribution is 0.316. The third-order valence-electron chi connectivity index (χ3n) is 4.48. The first kappa shape index (κ1) is 12.6. The highest BCUT2D eigenvalue weighted by molar-refractivity contribution is 5.75. The Labute approximate surface area is 115 Å². The third kappa shape index (κ3) is 1.94. The zero-order valence-electron chi connectivity index (χ0n) is 12.5. The van der Waals surface area contributed by atoms with Crippen LogP contribution in [0.1, 0.15) is 57.5 Å². The molecule has 0 radical (unpaired) electrons. The predicted octanol–water partition coefficient (Wildman–Crippen LogP) is 4.29. The molecule has 3 rings (SSSR count). The van der Waals surface area contributed by atoms with Crippen LogP contribution >= 0.6 is 0 Å². The minimum atomic E-state index is 0.135. The summed E-state index contributed by atoms with van der Waals surface area (Å²) in [6.07, 6.45) is 2.36. The second-order valence-electron chi connectivity index (χ2n) is 7.18. The minimum Gasteiger partial charge on any atom is -0.249 e. The Morgan fingerprint density at radius 1 is 0.842 bits per heavy atom. The molecule has 0 aliphatic heterocycles. The van der Waals surface area contributed by atoms with Gasteiger partial charge in [-0.05, 0) is 37.5 Å². The molecule has 100 valence electrons. The lowest BCUT2D eigenvalue weighted by atomic mass is 9.67. The molecular weight excluding hydrogens is 232 g/mol. The van der Waals surface area contributed by atoms with Crippen LogP contribution in [0.4, 0.5) is 0 Å². The molecule has 2 heteroatoms. The summed E-state index contributed by atoms with van der Waals surface area (Å²) in [4.78, 5) is 9.91. The highest BCUT2D eigenvalue weighted by atomic mass is 14.9. The van der Waals surface area contributed by atoms with E-state index in [2.05, 4.69) is 52.8 Å². The molecule has 0 amide bonds. The maximum absolute atomic E-state index is 4.96. The number of hydrogen-bond acceptors (Lipinski definition) is 2. The molecule has 1 aromatic heterocycles. The number of hydrogen-bond donors (Lipinski definition) is 0. The summed E-state index contributed by atoms with van der Waals surface area (Å²) >= 11 is 0. The van der Waals surface area contributed by atoms with Crippen LogP contribution in [0.5, 0.6) is 0 Å². The Morgan fingerprint density at radius 3 is 1.95 bits per heavy atom. The van der Waals surface area contributed by atoms with Crippen molar-refractivity contribution in [1.82, 2.24) is 9.97 Å². The van der Waals surface area contributed by atoms with Crippen LogP contribution < -0.4 is 0 Å². The Hall–Kier alpha value is -1.44. The van der Waals surface area contributed by atoms with Gasteiger partial charge in [0.05, 0.1) is 22.4 Å². The number of aryl methyl sites for hydroxylation is 1. The monoisotopic (exact) mass is 254 g/mol. The van der Waals surface area contributed by atoms with Crippen LogP contribution in [0.3, 0.4) is 0 Å². The molecule has 0 fully saturated rings. The van der Waals surface area contributed by atoms with E-state index in [1.807, 2.05) is 0 Å². The van der Waals surface area contributed by atoms with Crippen LogP contribution in [0.25, 0.3) is 11.0 Å². The largest absolute Gasteiger partial charge is 0.249 e. The van der Waals surface area contributed by atoms with Gasteiger partial charge in [-0.3, -0.25) is 0 Å². The van der Waals surface area contributed by atoms with Crippen LogP contribution in [0.2, 0.25) is 0 Å². The summed E-state index contributed by atoms with van der Waals surface area (Å²) in [5, 5.41) is 0. The van der Waals surface area contributed by atoms with E-state index in [4.69, 9.17) is 9.97 Å². The van der Waals surface area contributed by atoms with Crippen molar-refractivity contribution in [2.75, 3.05) is 0 Å². The highest BCUT2D eigenvalue weighted by Gasteiger charge is 2.39. The molecule has 19 heavy (non-hydrogen) atoms. The van der Waals surface area contributed by atoms with Gasteiger partial charge in [0.15, 0.2) is 0 Å². The van der Waals surface area contributed by atoms with Crippen molar-refractivity contribution in [1.29, 1.82) is 0 Å². The lowest BCUT2D eigenvalue weighted by Crippen LogP contribution is -2.36. The topological polar surface area (TPSA) is 25.8 Å². The van der Waals surface area contributed by atoms with Gasteiger partial charge in [-0.1, -0.05) is 33.8 Å². The number of aromatic nitrogens is 2. The standard InChI is InChI=1S/C17H22N2/c1-11-6-7-12-13(10-11)19-15-14(18-12)16(2,3)8-9-17(15,4)5/h6-7,10H,8-9H2,1-5H3. The fourth-order valence-electron chi connectivity index (χ4n) is 2.97. The van der Waals surface area contributed by atoms with Gasteiger partial charge < -0.3 is 0 Å². The van der Waals surface area contributed by atoms with E-state index in [1.165, 1.54) is 29.8 Å². The lowest BCUT2D eigenvalue weighted by Gasteiger charge is -2.39. The average Bonchev–Trinajstić information content (AvgIpc) is 2.33. The molecule has 1 aromatic carbocycles. The smallest absolute Gasteiger partial charge is 0.0893 e. The zero-order valence-corrected chi connectivity index (χ0v) is 12.5. The van der Waals surface area contributed by atoms with Crippen LogP contribution in [0, 0.1) is 6.92 Å².